The van der Waals surface area contributed by atoms with Crippen LogP contribution in [0.5, 0.6) is 0 Å². The van der Waals surface area contributed by atoms with Crippen molar-refractivity contribution in [1.29, 1.82) is 0 Å². The van der Waals surface area contributed by atoms with Gasteiger partial charge in [0.15, 0.2) is 0 Å². The molecule has 110 valence electrons. The molecule has 0 bridgehead atoms. The molecule has 0 aliphatic rings. The minimum atomic E-state index is -0.652. The summed E-state index contributed by atoms with van der Waals surface area (Å²) in [5.41, 5.74) is 10.1. The number of hydrogen-bond donors (Lipinski definition) is 2. The summed E-state index contributed by atoms with van der Waals surface area (Å²) in [4.78, 5) is 12.4. The van der Waals surface area contributed by atoms with Crippen molar-refractivity contribution in [2.24, 2.45) is 5.73 Å². The third-order valence-corrected chi connectivity index (χ3v) is 3.69. The Morgan fingerprint density at radius 1 is 1.00 bits per heavy atom. The van der Waals surface area contributed by atoms with Gasteiger partial charge in [-0.15, -0.1) is 0 Å². The van der Waals surface area contributed by atoms with Crippen LogP contribution >= 0.6 is 0 Å². The van der Waals surface area contributed by atoms with Crippen LogP contribution in [0.25, 0.3) is 0 Å². The maximum Gasteiger partial charge on any atom is 0.245 e. The monoisotopic (exact) mass is 282 g/mol. The van der Waals surface area contributed by atoms with E-state index >= 15 is 0 Å². The Kier molecular flexibility index (Phi) is 5.12. The van der Waals surface area contributed by atoms with Crippen LogP contribution in [0.2, 0.25) is 0 Å². The van der Waals surface area contributed by atoms with Gasteiger partial charge in [0.1, 0.15) is 6.04 Å². The summed E-state index contributed by atoms with van der Waals surface area (Å²) >= 11 is 0. The van der Waals surface area contributed by atoms with E-state index in [1.54, 1.807) is 0 Å². The minimum absolute atomic E-state index is 0.170. The highest BCUT2D eigenvalue weighted by Gasteiger charge is 2.17. The first-order valence-corrected chi connectivity index (χ1v) is 7.39. The highest BCUT2D eigenvalue weighted by Crippen LogP contribution is 2.24. The lowest BCUT2D eigenvalue weighted by atomic mass is 10.0. The standard InChI is InChI=1S/C18H22N2O/c1-3-13-11-8-12-14(4-2)17(13)20-18(21)16(19)15-9-6-5-7-10-15/h5-12,16H,3-4,19H2,1-2H3,(H,20,21)/t16-/m1/s1. The molecule has 0 saturated carbocycles. The van der Waals surface area contributed by atoms with Crippen molar-refractivity contribution in [3.63, 3.8) is 0 Å². The molecule has 0 aliphatic heterocycles. The van der Waals surface area contributed by atoms with Gasteiger partial charge in [-0.1, -0.05) is 62.4 Å². The second kappa shape index (κ2) is 7.04. The van der Waals surface area contributed by atoms with Crippen LogP contribution < -0.4 is 11.1 Å². The van der Waals surface area contributed by atoms with Gasteiger partial charge in [0.25, 0.3) is 0 Å². The maximum atomic E-state index is 12.4. The summed E-state index contributed by atoms with van der Waals surface area (Å²) in [5.74, 6) is -0.170. The third kappa shape index (κ3) is 3.50. The van der Waals surface area contributed by atoms with E-state index in [0.29, 0.717) is 0 Å². The molecule has 1 amide bonds. The molecule has 2 aromatic rings. The van der Waals surface area contributed by atoms with Crippen molar-refractivity contribution >= 4 is 11.6 Å². The van der Waals surface area contributed by atoms with Gasteiger partial charge in [0.2, 0.25) is 5.91 Å². The second-order valence-electron chi connectivity index (χ2n) is 5.04. The zero-order chi connectivity index (χ0) is 15.2. The normalized spacial score (nSPS) is 12.0. The van der Waals surface area contributed by atoms with Gasteiger partial charge in [-0.2, -0.15) is 0 Å². The number of hydrogen-bond acceptors (Lipinski definition) is 2. The van der Waals surface area contributed by atoms with Crippen molar-refractivity contribution < 1.29 is 4.79 Å². The summed E-state index contributed by atoms with van der Waals surface area (Å²) < 4.78 is 0. The Bertz CT molecular complexity index is 586. The molecule has 0 unspecified atom stereocenters. The number of nitrogens with two attached hydrogens (primary N) is 1. The predicted octanol–water partition coefficient (Wildman–Crippen LogP) is 3.45. The van der Waals surface area contributed by atoms with E-state index in [9.17, 15) is 4.79 Å². The number of rotatable bonds is 5. The van der Waals surface area contributed by atoms with E-state index in [0.717, 1.165) is 35.2 Å². The molecule has 0 heterocycles. The van der Waals surface area contributed by atoms with Crippen LogP contribution in [0.4, 0.5) is 5.69 Å². The van der Waals surface area contributed by atoms with Crippen LogP contribution in [-0.4, -0.2) is 5.91 Å². The van der Waals surface area contributed by atoms with E-state index in [-0.39, 0.29) is 5.91 Å². The van der Waals surface area contributed by atoms with Gasteiger partial charge >= 0.3 is 0 Å². The first-order valence-electron chi connectivity index (χ1n) is 7.39. The third-order valence-electron chi connectivity index (χ3n) is 3.69. The lowest BCUT2D eigenvalue weighted by Gasteiger charge is -2.17. The lowest BCUT2D eigenvalue weighted by Crippen LogP contribution is -2.28. The highest BCUT2D eigenvalue weighted by atomic mass is 16.2. The average Bonchev–Trinajstić information content (AvgIpc) is 2.55. The van der Waals surface area contributed by atoms with Crippen molar-refractivity contribution in [2.45, 2.75) is 32.7 Å². The number of para-hydroxylation sites is 1. The molecule has 3 heteroatoms. The number of benzene rings is 2. The molecule has 0 aromatic heterocycles. The molecule has 2 rings (SSSR count). The van der Waals surface area contributed by atoms with Gasteiger partial charge < -0.3 is 11.1 Å². The molecule has 21 heavy (non-hydrogen) atoms. The van der Waals surface area contributed by atoms with Crippen molar-refractivity contribution in [3.05, 3.63) is 65.2 Å². The van der Waals surface area contributed by atoms with Crippen molar-refractivity contribution in [2.75, 3.05) is 5.32 Å². The Morgan fingerprint density at radius 2 is 1.57 bits per heavy atom. The molecule has 1 atom stereocenters. The number of anilines is 1. The van der Waals surface area contributed by atoms with Gasteiger partial charge in [-0.25, -0.2) is 0 Å². The number of nitrogens with one attached hydrogen (secondary N) is 1. The molecule has 3 nitrogen and oxygen atoms in total. The Morgan fingerprint density at radius 3 is 2.10 bits per heavy atom. The summed E-state index contributed by atoms with van der Waals surface area (Å²) in [6, 6.07) is 14.9. The van der Waals surface area contributed by atoms with Crippen LogP contribution in [0.3, 0.4) is 0 Å². The summed E-state index contributed by atoms with van der Waals surface area (Å²) in [6.45, 7) is 4.17. The zero-order valence-electron chi connectivity index (χ0n) is 12.6. The minimum Gasteiger partial charge on any atom is -0.324 e. The Labute approximate surface area is 126 Å². The Balaban J connectivity index is 2.24. The van der Waals surface area contributed by atoms with Gasteiger partial charge in [-0.3, -0.25) is 4.79 Å². The smallest absolute Gasteiger partial charge is 0.245 e. The number of carbonyl (C=O) groups excluding carboxylic acids is 1. The van der Waals surface area contributed by atoms with Crippen LogP contribution in [0.15, 0.2) is 48.5 Å². The van der Waals surface area contributed by atoms with E-state index in [4.69, 9.17) is 5.73 Å². The maximum absolute atomic E-state index is 12.4. The van der Waals surface area contributed by atoms with Crippen LogP contribution in [-0.2, 0) is 17.6 Å². The van der Waals surface area contributed by atoms with Crippen molar-refractivity contribution in [1.82, 2.24) is 0 Å². The van der Waals surface area contributed by atoms with E-state index < -0.39 is 6.04 Å². The Hall–Kier alpha value is -2.13. The molecule has 0 saturated heterocycles. The fraction of sp³-hybridized carbons (Fsp3) is 0.278. The fourth-order valence-corrected chi connectivity index (χ4v) is 2.42. The highest BCUT2D eigenvalue weighted by molar-refractivity contribution is 5.96. The van der Waals surface area contributed by atoms with Gasteiger partial charge in [0, 0.05) is 5.69 Å². The van der Waals surface area contributed by atoms with Gasteiger partial charge in [-0.05, 0) is 29.5 Å². The molecule has 3 N–H and O–H groups in total. The molecule has 0 radical (unpaired) electrons. The van der Waals surface area contributed by atoms with Gasteiger partial charge in [0.05, 0.1) is 0 Å². The second-order valence-corrected chi connectivity index (χ2v) is 5.04. The van der Waals surface area contributed by atoms with E-state index in [1.807, 2.05) is 48.5 Å². The molecule has 2 aromatic carbocycles. The largest absolute Gasteiger partial charge is 0.324 e. The summed E-state index contributed by atoms with van der Waals surface area (Å²) in [5, 5.41) is 3.02. The first-order chi connectivity index (χ1) is 10.2. The predicted molar refractivity (Wildman–Crippen MR) is 87.2 cm³/mol. The fourth-order valence-electron chi connectivity index (χ4n) is 2.42. The van der Waals surface area contributed by atoms with Crippen LogP contribution in [0.1, 0.15) is 36.6 Å². The molecule has 0 spiro atoms. The average molecular weight is 282 g/mol. The number of carbonyl (C=O) groups is 1. The lowest BCUT2D eigenvalue weighted by molar-refractivity contribution is -0.117. The SMILES string of the molecule is CCc1cccc(CC)c1NC(=O)[C@H](N)c1ccccc1. The van der Waals surface area contributed by atoms with Crippen molar-refractivity contribution in [3.8, 4) is 0 Å². The van der Waals surface area contributed by atoms with E-state index in [2.05, 4.69) is 19.2 Å². The summed E-state index contributed by atoms with van der Waals surface area (Å²) in [6.07, 6.45) is 1.76. The quantitative estimate of drug-likeness (QED) is 0.882. The number of amides is 1. The van der Waals surface area contributed by atoms with E-state index in [1.165, 1.54) is 0 Å². The first kappa shape index (κ1) is 15.3. The number of aryl methyl sites for hydroxylation is 2. The molecule has 0 fully saturated rings. The molecular weight excluding hydrogens is 260 g/mol. The molecular formula is C18H22N2O. The topological polar surface area (TPSA) is 55.1 Å². The summed E-state index contributed by atoms with van der Waals surface area (Å²) in [7, 11) is 0. The zero-order valence-corrected chi connectivity index (χ0v) is 12.6. The van der Waals surface area contributed by atoms with Crippen LogP contribution in [0, 0.1) is 0 Å². The molecule has 0 aliphatic carbocycles.